The average Bonchev–Trinajstić information content (AvgIpc) is 2.27. The number of hydrogen-bond acceptors (Lipinski definition) is 3. The molecule has 1 N–H and O–H groups in total. The second-order valence-corrected chi connectivity index (χ2v) is 3.06. The second-order valence-electron chi connectivity index (χ2n) is 3.06. The molecule has 1 aromatic rings. The lowest BCUT2D eigenvalue weighted by Crippen LogP contribution is -2.12. The maximum Gasteiger partial charge on any atom is 0.236 e. The molecule has 0 unspecified atom stereocenters. The summed E-state index contributed by atoms with van der Waals surface area (Å²) in [4.78, 5) is 10.6. The van der Waals surface area contributed by atoms with Crippen LogP contribution >= 0.6 is 0 Å². The second kappa shape index (κ2) is 6.40. The van der Waals surface area contributed by atoms with Gasteiger partial charge in [-0.15, -0.1) is 0 Å². The molecule has 1 aromatic carbocycles. The van der Waals surface area contributed by atoms with Crippen molar-refractivity contribution in [2.75, 3.05) is 6.61 Å². The Balaban J connectivity index is 2.73. The van der Waals surface area contributed by atoms with Gasteiger partial charge in [0, 0.05) is 12.5 Å². The molecule has 0 aliphatic carbocycles. The Hall–Kier alpha value is -2.10. The van der Waals surface area contributed by atoms with Crippen molar-refractivity contribution < 1.29 is 9.53 Å². The minimum atomic E-state index is -0.208. The van der Waals surface area contributed by atoms with Crippen molar-refractivity contribution in [1.29, 1.82) is 0 Å². The predicted molar refractivity (Wildman–Crippen MR) is 63.5 cm³/mol. The summed E-state index contributed by atoms with van der Waals surface area (Å²) < 4.78 is 5.42. The van der Waals surface area contributed by atoms with E-state index in [1.165, 1.54) is 6.92 Å². The fourth-order valence-electron chi connectivity index (χ4n) is 1.06. The lowest BCUT2D eigenvalue weighted by atomic mass is 10.2. The van der Waals surface area contributed by atoms with Crippen molar-refractivity contribution in [2.24, 2.45) is 5.10 Å². The Bertz CT molecular complexity index is 400. The predicted octanol–water partition coefficient (Wildman–Crippen LogP) is 1.72. The summed E-state index contributed by atoms with van der Waals surface area (Å²) in [7, 11) is 0. The summed E-state index contributed by atoms with van der Waals surface area (Å²) in [5.41, 5.74) is 3.14. The van der Waals surface area contributed by atoms with Crippen LogP contribution in [0.2, 0.25) is 0 Å². The van der Waals surface area contributed by atoms with E-state index >= 15 is 0 Å². The van der Waals surface area contributed by atoms with E-state index in [1.54, 1.807) is 12.3 Å². The molecule has 1 rings (SSSR count). The average molecular weight is 218 g/mol. The van der Waals surface area contributed by atoms with Gasteiger partial charge in [0.15, 0.2) is 0 Å². The molecule has 0 spiro atoms. The van der Waals surface area contributed by atoms with Crippen LogP contribution in [-0.4, -0.2) is 18.7 Å². The molecule has 0 heterocycles. The van der Waals surface area contributed by atoms with Gasteiger partial charge in [0.05, 0.1) is 6.21 Å². The van der Waals surface area contributed by atoms with Gasteiger partial charge in [-0.1, -0.05) is 24.8 Å². The number of carbonyl (C=O) groups excluding carboxylic acids is 1. The minimum Gasteiger partial charge on any atom is -0.489 e. The van der Waals surface area contributed by atoms with Crippen LogP contribution in [-0.2, 0) is 4.79 Å². The van der Waals surface area contributed by atoms with E-state index in [9.17, 15) is 4.79 Å². The molecular weight excluding hydrogens is 204 g/mol. The first-order chi connectivity index (χ1) is 7.74. The molecule has 0 atom stereocenters. The molecular formula is C12H14N2O2. The van der Waals surface area contributed by atoms with E-state index in [4.69, 9.17) is 4.74 Å². The zero-order valence-electron chi connectivity index (χ0n) is 9.14. The molecule has 1 amide bonds. The number of carbonyl (C=O) groups is 1. The lowest BCUT2D eigenvalue weighted by Gasteiger charge is -2.05. The first-order valence-electron chi connectivity index (χ1n) is 4.86. The fraction of sp³-hybridized carbons (Fsp3) is 0.167. The highest BCUT2D eigenvalue weighted by atomic mass is 16.5. The number of hydrogen-bond donors (Lipinski definition) is 1. The van der Waals surface area contributed by atoms with E-state index in [2.05, 4.69) is 17.1 Å². The van der Waals surface area contributed by atoms with E-state index < -0.39 is 0 Å². The number of hydrazone groups is 1. The van der Waals surface area contributed by atoms with E-state index in [0.29, 0.717) is 12.4 Å². The van der Waals surface area contributed by atoms with Crippen LogP contribution in [0.3, 0.4) is 0 Å². The van der Waals surface area contributed by atoms with Crippen LogP contribution in [0.4, 0.5) is 0 Å². The lowest BCUT2D eigenvalue weighted by molar-refractivity contribution is -0.118. The molecule has 0 saturated carbocycles. The molecule has 0 fully saturated rings. The third-order valence-electron chi connectivity index (χ3n) is 1.70. The molecule has 84 valence electrons. The Morgan fingerprint density at radius 3 is 3.00 bits per heavy atom. The van der Waals surface area contributed by atoms with Gasteiger partial charge >= 0.3 is 0 Å². The van der Waals surface area contributed by atoms with Gasteiger partial charge in [-0.2, -0.15) is 5.10 Å². The van der Waals surface area contributed by atoms with Crippen molar-refractivity contribution in [3.63, 3.8) is 0 Å². The van der Waals surface area contributed by atoms with E-state index in [1.807, 2.05) is 24.3 Å². The number of para-hydroxylation sites is 1. The van der Waals surface area contributed by atoms with Gasteiger partial charge in [0.1, 0.15) is 12.4 Å². The zero-order chi connectivity index (χ0) is 11.8. The monoisotopic (exact) mass is 218 g/mol. The van der Waals surface area contributed by atoms with Gasteiger partial charge in [-0.3, -0.25) is 4.79 Å². The number of nitrogens with zero attached hydrogens (tertiary/aromatic N) is 1. The van der Waals surface area contributed by atoms with Gasteiger partial charge in [-0.05, 0) is 12.1 Å². The molecule has 4 heteroatoms. The molecule has 0 aliphatic heterocycles. The number of nitrogens with one attached hydrogen (secondary N) is 1. The summed E-state index contributed by atoms with van der Waals surface area (Å²) in [6, 6.07) is 7.42. The largest absolute Gasteiger partial charge is 0.489 e. The van der Waals surface area contributed by atoms with Crippen LogP contribution in [0.5, 0.6) is 5.75 Å². The quantitative estimate of drug-likeness (QED) is 0.465. The van der Waals surface area contributed by atoms with E-state index in [0.717, 1.165) is 5.56 Å². The SMILES string of the molecule is C=CCOc1ccccc1/C=N/NC(C)=O. The highest BCUT2D eigenvalue weighted by molar-refractivity contribution is 5.84. The summed E-state index contributed by atoms with van der Waals surface area (Å²) in [6.45, 7) is 5.41. The molecule has 4 nitrogen and oxygen atoms in total. The smallest absolute Gasteiger partial charge is 0.236 e. The summed E-state index contributed by atoms with van der Waals surface area (Å²) in [5.74, 6) is 0.497. The highest BCUT2D eigenvalue weighted by Gasteiger charge is 1.98. The Labute approximate surface area is 94.6 Å². The normalized spacial score (nSPS) is 10.1. The molecule has 0 radical (unpaired) electrons. The van der Waals surface area contributed by atoms with Gasteiger partial charge in [-0.25, -0.2) is 5.43 Å². The van der Waals surface area contributed by atoms with Gasteiger partial charge < -0.3 is 4.74 Å². The summed E-state index contributed by atoms with van der Waals surface area (Å²) >= 11 is 0. The number of amides is 1. The van der Waals surface area contributed by atoms with Gasteiger partial charge in [0.2, 0.25) is 5.91 Å². The maximum absolute atomic E-state index is 10.6. The molecule has 0 aliphatic rings. The highest BCUT2D eigenvalue weighted by Crippen LogP contribution is 2.15. The molecule has 0 aromatic heterocycles. The molecule has 16 heavy (non-hydrogen) atoms. The first-order valence-corrected chi connectivity index (χ1v) is 4.86. The van der Waals surface area contributed by atoms with Crippen molar-refractivity contribution in [3.8, 4) is 5.75 Å². The Morgan fingerprint density at radius 2 is 2.31 bits per heavy atom. The van der Waals surface area contributed by atoms with Crippen molar-refractivity contribution >= 4 is 12.1 Å². The van der Waals surface area contributed by atoms with Crippen molar-refractivity contribution in [2.45, 2.75) is 6.92 Å². The van der Waals surface area contributed by atoms with Crippen LogP contribution < -0.4 is 10.2 Å². The number of benzene rings is 1. The summed E-state index contributed by atoms with van der Waals surface area (Å²) in [6.07, 6.45) is 3.21. The van der Waals surface area contributed by atoms with Crippen molar-refractivity contribution in [3.05, 3.63) is 42.5 Å². The zero-order valence-corrected chi connectivity index (χ0v) is 9.14. The van der Waals surface area contributed by atoms with Crippen LogP contribution in [0, 0.1) is 0 Å². The number of ether oxygens (including phenoxy) is 1. The fourth-order valence-corrected chi connectivity index (χ4v) is 1.06. The van der Waals surface area contributed by atoms with Crippen LogP contribution in [0.15, 0.2) is 42.0 Å². The third-order valence-corrected chi connectivity index (χ3v) is 1.70. The maximum atomic E-state index is 10.6. The number of rotatable bonds is 5. The molecule has 0 saturated heterocycles. The Morgan fingerprint density at radius 1 is 1.56 bits per heavy atom. The van der Waals surface area contributed by atoms with Gasteiger partial charge in [0.25, 0.3) is 0 Å². The first kappa shape index (κ1) is 12.0. The Kier molecular flexibility index (Phi) is 4.79. The van der Waals surface area contributed by atoms with Crippen molar-refractivity contribution in [1.82, 2.24) is 5.43 Å². The third kappa shape index (κ3) is 3.96. The standard InChI is InChI=1S/C12H14N2O2/c1-3-8-16-12-7-5-4-6-11(12)9-13-14-10(2)15/h3-7,9H,1,8H2,2H3,(H,14,15)/b13-9+. The molecule has 0 bridgehead atoms. The topological polar surface area (TPSA) is 50.7 Å². The summed E-state index contributed by atoms with van der Waals surface area (Å²) in [5, 5.41) is 3.78. The minimum absolute atomic E-state index is 0.208. The van der Waals surface area contributed by atoms with E-state index in [-0.39, 0.29) is 5.91 Å². The van der Waals surface area contributed by atoms with Crippen LogP contribution in [0.1, 0.15) is 12.5 Å². The van der Waals surface area contributed by atoms with Crippen LogP contribution in [0.25, 0.3) is 0 Å².